The van der Waals surface area contributed by atoms with E-state index in [1.807, 2.05) is 13.0 Å². The van der Waals surface area contributed by atoms with Crippen LogP contribution in [0.4, 0.5) is 5.82 Å². The Morgan fingerprint density at radius 3 is 2.56 bits per heavy atom. The lowest BCUT2D eigenvalue weighted by molar-refractivity contribution is 0.778. The van der Waals surface area contributed by atoms with Crippen LogP contribution in [0.1, 0.15) is 23.0 Å². The largest absolute Gasteiger partial charge is 0.383 e. The van der Waals surface area contributed by atoms with Crippen molar-refractivity contribution in [3.05, 3.63) is 47.7 Å². The van der Waals surface area contributed by atoms with Crippen molar-refractivity contribution in [2.45, 2.75) is 13.0 Å². The molecule has 5 heteroatoms. The predicted octanol–water partition coefficient (Wildman–Crippen LogP) is 0.810. The van der Waals surface area contributed by atoms with E-state index in [0.717, 1.165) is 11.1 Å². The highest BCUT2D eigenvalue weighted by Crippen LogP contribution is 2.21. The molecule has 5 nitrogen and oxygen atoms in total. The van der Waals surface area contributed by atoms with Gasteiger partial charge in [-0.05, 0) is 24.6 Å². The fourth-order valence-electron chi connectivity index (χ4n) is 1.46. The summed E-state index contributed by atoms with van der Waals surface area (Å²) >= 11 is 0. The first-order valence-electron chi connectivity index (χ1n) is 4.93. The van der Waals surface area contributed by atoms with Crippen LogP contribution in [0.25, 0.3) is 0 Å². The molecule has 0 aliphatic carbocycles. The van der Waals surface area contributed by atoms with Gasteiger partial charge in [0.1, 0.15) is 11.6 Å². The van der Waals surface area contributed by atoms with Crippen LogP contribution in [0.2, 0.25) is 0 Å². The summed E-state index contributed by atoms with van der Waals surface area (Å²) in [6, 6.07) is 3.21. The molecule has 0 aliphatic heterocycles. The molecule has 82 valence electrons. The van der Waals surface area contributed by atoms with E-state index < -0.39 is 6.04 Å². The molecule has 0 fully saturated rings. The summed E-state index contributed by atoms with van der Waals surface area (Å²) in [5, 5.41) is 0. The normalized spacial score (nSPS) is 12.4. The van der Waals surface area contributed by atoms with E-state index in [4.69, 9.17) is 11.5 Å². The van der Waals surface area contributed by atoms with Crippen molar-refractivity contribution in [3.63, 3.8) is 0 Å². The van der Waals surface area contributed by atoms with Gasteiger partial charge >= 0.3 is 0 Å². The maximum atomic E-state index is 6.04. The van der Waals surface area contributed by atoms with Crippen LogP contribution >= 0.6 is 0 Å². The summed E-state index contributed by atoms with van der Waals surface area (Å²) < 4.78 is 0. The first-order chi connectivity index (χ1) is 7.68. The van der Waals surface area contributed by atoms with Gasteiger partial charge in [-0.15, -0.1) is 0 Å². The minimum absolute atomic E-state index is 0.422. The Bertz CT molecular complexity index is 483. The Kier molecular flexibility index (Phi) is 2.78. The monoisotopic (exact) mass is 215 g/mol. The summed E-state index contributed by atoms with van der Waals surface area (Å²) in [5.74, 6) is 0.965. The van der Waals surface area contributed by atoms with Gasteiger partial charge in [0.15, 0.2) is 0 Å². The van der Waals surface area contributed by atoms with E-state index in [0.29, 0.717) is 11.6 Å². The first-order valence-corrected chi connectivity index (χ1v) is 4.93. The Morgan fingerprint density at radius 2 is 1.88 bits per heavy atom. The maximum Gasteiger partial charge on any atom is 0.149 e. The standard InChI is InChI=1S/C11H13N5/c1-7-5-8(10(13)16-6-7)9(12)11-14-3-2-4-15-11/h2-6,9H,12H2,1H3,(H2,13,16). The molecule has 0 amide bonds. The molecule has 0 spiro atoms. The average molecular weight is 215 g/mol. The lowest BCUT2D eigenvalue weighted by atomic mass is 10.1. The van der Waals surface area contributed by atoms with Gasteiger partial charge in [0.05, 0.1) is 6.04 Å². The number of pyridine rings is 1. The molecule has 0 bridgehead atoms. The van der Waals surface area contributed by atoms with Crippen LogP contribution in [0.3, 0.4) is 0 Å². The van der Waals surface area contributed by atoms with Crippen LogP contribution in [-0.2, 0) is 0 Å². The number of hydrogen-bond donors (Lipinski definition) is 2. The number of hydrogen-bond acceptors (Lipinski definition) is 5. The number of nitrogens with two attached hydrogens (primary N) is 2. The maximum absolute atomic E-state index is 6.04. The van der Waals surface area contributed by atoms with E-state index in [1.54, 1.807) is 24.7 Å². The van der Waals surface area contributed by atoms with E-state index in [1.165, 1.54) is 0 Å². The Morgan fingerprint density at radius 1 is 1.19 bits per heavy atom. The van der Waals surface area contributed by atoms with Gasteiger partial charge in [-0.2, -0.15) is 0 Å². The van der Waals surface area contributed by atoms with Crippen molar-refractivity contribution in [1.29, 1.82) is 0 Å². The summed E-state index contributed by atoms with van der Waals surface area (Å²) in [6.07, 6.45) is 5.01. The zero-order valence-corrected chi connectivity index (χ0v) is 8.96. The van der Waals surface area contributed by atoms with Gasteiger partial charge < -0.3 is 11.5 Å². The van der Waals surface area contributed by atoms with Gasteiger partial charge in [0.25, 0.3) is 0 Å². The summed E-state index contributed by atoms with van der Waals surface area (Å²) in [4.78, 5) is 12.3. The molecule has 0 aliphatic rings. The molecule has 4 N–H and O–H groups in total. The molecule has 2 heterocycles. The smallest absolute Gasteiger partial charge is 0.149 e. The van der Waals surface area contributed by atoms with Gasteiger partial charge in [-0.25, -0.2) is 15.0 Å². The van der Waals surface area contributed by atoms with Crippen LogP contribution in [0.15, 0.2) is 30.7 Å². The van der Waals surface area contributed by atoms with Crippen molar-refractivity contribution < 1.29 is 0 Å². The summed E-state index contributed by atoms with van der Waals surface area (Å²) in [7, 11) is 0. The Labute approximate surface area is 93.6 Å². The van der Waals surface area contributed by atoms with Crippen molar-refractivity contribution in [3.8, 4) is 0 Å². The highest BCUT2D eigenvalue weighted by atomic mass is 14.9. The second-order valence-corrected chi connectivity index (χ2v) is 3.57. The molecule has 2 aromatic rings. The third-order valence-electron chi connectivity index (χ3n) is 2.29. The first kappa shape index (κ1) is 10.5. The molecule has 0 radical (unpaired) electrons. The number of aryl methyl sites for hydroxylation is 1. The van der Waals surface area contributed by atoms with Gasteiger partial charge in [-0.3, -0.25) is 0 Å². The van der Waals surface area contributed by atoms with Crippen LogP contribution < -0.4 is 11.5 Å². The minimum Gasteiger partial charge on any atom is -0.383 e. The molecule has 1 unspecified atom stereocenters. The van der Waals surface area contributed by atoms with E-state index >= 15 is 0 Å². The number of aromatic nitrogens is 3. The molecular formula is C11H13N5. The summed E-state index contributed by atoms with van der Waals surface area (Å²) in [6.45, 7) is 1.94. The van der Waals surface area contributed by atoms with Crippen LogP contribution in [-0.4, -0.2) is 15.0 Å². The lowest BCUT2D eigenvalue weighted by Gasteiger charge is -2.12. The van der Waals surface area contributed by atoms with Gasteiger partial charge in [0, 0.05) is 24.2 Å². The molecule has 0 aromatic carbocycles. The Balaban J connectivity index is 2.41. The number of anilines is 1. The third kappa shape index (κ3) is 1.99. The SMILES string of the molecule is Cc1cnc(N)c(C(N)c2ncccn2)c1. The molecule has 16 heavy (non-hydrogen) atoms. The zero-order chi connectivity index (χ0) is 11.5. The zero-order valence-electron chi connectivity index (χ0n) is 8.96. The van der Waals surface area contributed by atoms with Crippen molar-refractivity contribution in [1.82, 2.24) is 15.0 Å². The highest BCUT2D eigenvalue weighted by Gasteiger charge is 2.15. The quantitative estimate of drug-likeness (QED) is 0.773. The van der Waals surface area contributed by atoms with E-state index in [2.05, 4.69) is 15.0 Å². The molecular weight excluding hydrogens is 202 g/mol. The highest BCUT2D eigenvalue weighted by molar-refractivity contribution is 5.44. The fraction of sp³-hybridized carbons (Fsp3) is 0.182. The van der Waals surface area contributed by atoms with Crippen LogP contribution in [0, 0.1) is 6.92 Å². The molecule has 2 rings (SSSR count). The lowest BCUT2D eigenvalue weighted by Crippen LogP contribution is -2.17. The molecule has 2 aromatic heterocycles. The second-order valence-electron chi connectivity index (χ2n) is 3.57. The van der Waals surface area contributed by atoms with Gasteiger partial charge in [0.2, 0.25) is 0 Å². The number of nitrogens with zero attached hydrogens (tertiary/aromatic N) is 3. The van der Waals surface area contributed by atoms with Gasteiger partial charge in [-0.1, -0.05) is 0 Å². The Hall–Kier alpha value is -2.01. The second kappa shape index (κ2) is 4.24. The fourth-order valence-corrected chi connectivity index (χ4v) is 1.46. The average Bonchev–Trinajstić information content (AvgIpc) is 2.32. The van der Waals surface area contributed by atoms with Crippen molar-refractivity contribution in [2.75, 3.05) is 5.73 Å². The topological polar surface area (TPSA) is 90.7 Å². The predicted molar refractivity (Wildman–Crippen MR) is 61.4 cm³/mol. The minimum atomic E-state index is -0.436. The third-order valence-corrected chi connectivity index (χ3v) is 2.29. The van der Waals surface area contributed by atoms with E-state index in [-0.39, 0.29) is 0 Å². The number of rotatable bonds is 2. The molecule has 0 saturated carbocycles. The molecule has 1 atom stereocenters. The van der Waals surface area contributed by atoms with Crippen molar-refractivity contribution >= 4 is 5.82 Å². The number of nitrogen functional groups attached to an aromatic ring is 1. The van der Waals surface area contributed by atoms with E-state index in [9.17, 15) is 0 Å². The molecule has 0 saturated heterocycles. The summed E-state index contributed by atoms with van der Waals surface area (Å²) in [5.41, 5.74) is 13.6. The van der Waals surface area contributed by atoms with Crippen LogP contribution in [0.5, 0.6) is 0 Å². The van der Waals surface area contributed by atoms with Crippen molar-refractivity contribution in [2.24, 2.45) is 5.73 Å².